The topological polar surface area (TPSA) is 160 Å². The average Bonchev–Trinajstić information content (AvgIpc) is 3.53. The lowest BCUT2D eigenvalue weighted by atomic mass is 9.61. The van der Waals surface area contributed by atoms with Crippen molar-refractivity contribution in [1.82, 2.24) is 29.5 Å². The number of carbonyl (C=O) groups is 5. The summed E-state index contributed by atoms with van der Waals surface area (Å²) in [5.41, 5.74) is 3.36. The summed E-state index contributed by atoms with van der Waals surface area (Å²) in [5, 5.41) is 2.23. The number of hydrogen-bond acceptors (Lipinski definition) is 11. The Morgan fingerprint density at radius 1 is 0.841 bits per heavy atom. The molecule has 1 N–H and O–H groups in total. The second kappa shape index (κ2) is 17.2. The highest BCUT2D eigenvalue weighted by molar-refractivity contribution is 6.23. The second-order valence-corrected chi connectivity index (χ2v) is 18.3. The lowest BCUT2D eigenvalue weighted by Gasteiger charge is -2.52. The van der Waals surface area contributed by atoms with Crippen molar-refractivity contribution in [1.29, 1.82) is 0 Å². The summed E-state index contributed by atoms with van der Waals surface area (Å²) in [6.07, 6.45) is 8.59. The number of methoxy groups -OCH3 is 2. The Labute approximate surface area is 371 Å². The molecule has 334 valence electrons. The van der Waals surface area contributed by atoms with Crippen LogP contribution in [0.2, 0.25) is 0 Å². The number of rotatable bonds is 11. The minimum absolute atomic E-state index is 0.0274. The van der Waals surface area contributed by atoms with Gasteiger partial charge in [-0.05, 0) is 130 Å². The van der Waals surface area contributed by atoms with Crippen molar-refractivity contribution in [3.63, 3.8) is 0 Å². The molecule has 1 atom stereocenters. The van der Waals surface area contributed by atoms with Gasteiger partial charge in [-0.2, -0.15) is 0 Å². The molecule has 2 aromatic carbocycles. The van der Waals surface area contributed by atoms with E-state index in [1.165, 1.54) is 6.20 Å². The number of piperidine rings is 3. The van der Waals surface area contributed by atoms with Crippen molar-refractivity contribution in [3.05, 3.63) is 74.7 Å². The Morgan fingerprint density at radius 2 is 1.56 bits per heavy atom. The number of likely N-dealkylation sites (tertiary alicyclic amines) is 2. The van der Waals surface area contributed by atoms with Gasteiger partial charge in [0.15, 0.2) is 0 Å². The zero-order chi connectivity index (χ0) is 46.7. The number of nitrogens with one attached hydrogen (secondary N) is 1. The van der Waals surface area contributed by atoms with Crippen LogP contribution < -0.4 is 25.1 Å². The van der Waals surface area contributed by atoms with Crippen LogP contribution >= 0.6 is 0 Å². The highest BCUT2D eigenvalue weighted by atomic mass is 16.5. The Hall–Kier alpha value is -5.54. The second-order valence-electron chi connectivity index (χ2n) is 18.3. The molecule has 63 heavy (non-hydrogen) atoms. The van der Waals surface area contributed by atoms with Crippen molar-refractivity contribution >= 4 is 29.5 Å². The quantitative estimate of drug-likeness (QED) is 0.274. The van der Waals surface area contributed by atoms with Gasteiger partial charge in [0.1, 0.15) is 23.3 Å². The fourth-order valence-electron chi connectivity index (χ4n) is 10.9. The highest BCUT2D eigenvalue weighted by Gasteiger charge is 2.48. The number of aromatic nitrogens is 1. The Kier molecular flexibility index (Phi) is 10.7. The molecule has 9 rings (SSSR count). The van der Waals surface area contributed by atoms with Crippen molar-refractivity contribution in [2.75, 3.05) is 53.5 Å². The van der Waals surface area contributed by atoms with Crippen LogP contribution in [-0.2, 0) is 40.9 Å². The van der Waals surface area contributed by atoms with E-state index in [4.69, 9.17) is 18.3 Å². The third kappa shape index (κ3) is 8.14. The first-order valence-electron chi connectivity index (χ1n) is 23.9. The smallest absolute Gasteiger partial charge is 0.262 e. The van der Waals surface area contributed by atoms with E-state index in [2.05, 4.69) is 15.1 Å². The van der Waals surface area contributed by atoms with E-state index in [1.807, 2.05) is 12.1 Å². The monoisotopic (exact) mass is 865 g/mol. The normalized spacial score (nSPS) is 22.8. The Balaban J connectivity index is 0.772. The van der Waals surface area contributed by atoms with Gasteiger partial charge in [0.2, 0.25) is 17.7 Å². The number of imide groups is 2. The SMILES string of the molecule is [2H]C([2H])([2H])n1cc(-c2cc(OC)c(CN3CCC(CN4CCC5(CC4)CC(Oc4ccc6c(c4)C(=O)N(C4CCC(=O)NC4=O)C6=O)C5)CC3)c(OC)c2)c2c(c1=O)CN(C(=O)CC)CC2. The molecule has 0 radical (unpaired) electrons. The van der Waals surface area contributed by atoms with Gasteiger partial charge < -0.3 is 28.6 Å². The zero-order valence-electron chi connectivity index (χ0n) is 39.3. The van der Waals surface area contributed by atoms with Crippen LogP contribution in [0, 0.1) is 11.3 Å². The number of nitrogens with zero attached hydrogens (tertiary/aromatic N) is 5. The highest BCUT2D eigenvalue weighted by Crippen LogP contribution is 2.51. The first-order valence-corrected chi connectivity index (χ1v) is 22.4. The van der Waals surface area contributed by atoms with Crippen LogP contribution in [-0.4, -0.2) is 119 Å². The summed E-state index contributed by atoms with van der Waals surface area (Å²) in [6.45, 7) is 5.19. The lowest BCUT2D eigenvalue weighted by Crippen LogP contribution is -2.54. The van der Waals surface area contributed by atoms with Gasteiger partial charge in [-0.15, -0.1) is 0 Å². The molecule has 5 amide bonds. The summed E-state index contributed by atoms with van der Waals surface area (Å²) < 4.78 is 43.4. The van der Waals surface area contributed by atoms with Gasteiger partial charge >= 0.3 is 0 Å². The Morgan fingerprint density at radius 3 is 2.22 bits per heavy atom. The summed E-state index contributed by atoms with van der Waals surface area (Å²) >= 11 is 0. The lowest BCUT2D eigenvalue weighted by molar-refractivity contribution is -0.136. The molecule has 15 heteroatoms. The Bertz CT molecular complexity index is 2490. The average molecular weight is 866 g/mol. The van der Waals surface area contributed by atoms with E-state index in [0.717, 1.165) is 91.8 Å². The minimum atomic E-state index is -2.71. The van der Waals surface area contributed by atoms with Crippen LogP contribution in [0.25, 0.3) is 11.1 Å². The van der Waals surface area contributed by atoms with Crippen molar-refractivity contribution in [2.24, 2.45) is 18.3 Å². The number of fused-ring (bicyclic) bond motifs is 2. The maximum absolute atomic E-state index is 13.5. The number of amides is 5. The van der Waals surface area contributed by atoms with Crippen LogP contribution in [0.4, 0.5) is 0 Å². The molecule has 1 saturated carbocycles. The summed E-state index contributed by atoms with van der Waals surface area (Å²) in [6, 6.07) is 7.72. The molecule has 3 aromatic rings. The van der Waals surface area contributed by atoms with Gasteiger partial charge in [-0.3, -0.25) is 43.9 Å². The molecule has 1 unspecified atom stereocenters. The number of benzene rings is 2. The largest absolute Gasteiger partial charge is 0.496 e. The number of ether oxygens (including phenoxy) is 3. The van der Waals surface area contributed by atoms with E-state index in [9.17, 15) is 28.8 Å². The molecule has 1 spiro atoms. The molecule has 6 aliphatic rings. The maximum Gasteiger partial charge on any atom is 0.262 e. The maximum atomic E-state index is 13.5. The number of aryl methyl sites for hydroxylation is 1. The van der Waals surface area contributed by atoms with E-state index in [-0.39, 0.29) is 47.9 Å². The fourth-order valence-corrected chi connectivity index (χ4v) is 10.9. The van der Waals surface area contributed by atoms with Crippen molar-refractivity contribution < 1.29 is 42.3 Å². The molecular formula is C48H58N6O9. The van der Waals surface area contributed by atoms with Gasteiger partial charge in [-0.1, -0.05) is 6.92 Å². The summed E-state index contributed by atoms with van der Waals surface area (Å²) in [7, 11) is 3.23. The third-order valence-corrected chi connectivity index (χ3v) is 14.5. The third-order valence-electron chi connectivity index (χ3n) is 14.5. The van der Waals surface area contributed by atoms with Gasteiger partial charge in [0.05, 0.1) is 43.6 Å². The van der Waals surface area contributed by atoms with E-state index in [0.29, 0.717) is 65.8 Å². The molecule has 6 heterocycles. The molecule has 1 aliphatic carbocycles. The number of pyridine rings is 1. The van der Waals surface area contributed by atoms with Gasteiger partial charge in [0.25, 0.3) is 17.4 Å². The predicted octanol–water partition coefficient (Wildman–Crippen LogP) is 4.30. The fraction of sp³-hybridized carbons (Fsp3) is 0.542. The standard InChI is InChI=1S/C48H58N6O9/c1-5-43(56)53-17-12-33-36(26-50(2)45(58)37(33)28-53)30-20-40(61-3)38(41(21-30)62-4)27-51-15-10-29(11-16-51)25-52-18-13-48(14-19-52)23-32(24-48)63-31-6-7-34-35(22-31)47(60)54(46(34)59)39-8-9-42(55)49-44(39)57/h6-7,20-22,26,29,32,39H,5,8-19,23-25,27-28H2,1-4H3,(H,49,55,57)/i2D3. The van der Waals surface area contributed by atoms with Crippen LogP contribution in [0.15, 0.2) is 41.3 Å². The summed E-state index contributed by atoms with van der Waals surface area (Å²) in [5.74, 6) is 0.172. The van der Waals surface area contributed by atoms with E-state index >= 15 is 0 Å². The summed E-state index contributed by atoms with van der Waals surface area (Å²) in [4.78, 5) is 84.2. The first kappa shape index (κ1) is 39.1. The minimum Gasteiger partial charge on any atom is -0.496 e. The van der Waals surface area contributed by atoms with Crippen LogP contribution in [0.5, 0.6) is 17.2 Å². The number of carbonyl (C=O) groups excluding carboxylic acids is 5. The zero-order valence-corrected chi connectivity index (χ0v) is 36.3. The van der Waals surface area contributed by atoms with Gasteiger partial charge in [0, 0.05) is 60.9 Å². The van der Waals surface area contributed by atoms with Crippen molar-refractivity contribution in [2.45, 2.75) is 96.4 Å². The van der Waals surface area contributed by atoms with E-state index in [1.54, 1.807) is 44.2 Å². The van der Waals surface area contributed by atoms with Crippen molar-refractivity contribution in [3.8, 4) is 28.4 Å². The predicted molar refractivity (Wildman–Crippen MR) is 233 cm³/mol. The molecule has 4 fully saturated rings. The van der Waals surface area contributed by atoms with Gasteiger partial charge in [-0.25, -0.2) is 0 Å². The molecule has 0 bridgehead atoms. The van der Waals surface area contributed by atoms with E-state index < -0.39 is 42.2 Å². The van der Waals surface area contributed by atoms with Crippen LogP contribution in [0.3, 0.4) is 0 Å². The molecule has 1 aromatic heterocycles. The molecule has 5 aliphatic heterocycles. The first-order chi connectivity index (χ1) is 31.6. The molecule has 15 nitrogen and oxygen atoms in total. The number of hydrogen-bond donors (Lipinski definition) is 1. The van der Waals surface area contributed by atoms with Crippen LogP contribution in [0.1, 0.15) is 106 Å². The molecular weight excluding hydrogens is 805 g/mol. The molecule has 3 saturated heterocycles.